The summed E-state index contributed by atoms with van der Waals surface area (Å²) in [4.78, 5) is 5.60. The quantitative estimate of drug-likeness (QED) is 0.425. The van der Waals surface area contributed by atoms with Crippen LogP contribution >= 0.6 is 0 Å². The van der Waals surface area contributed by atoms with Gasteiger partial charge in [-0.25, -0.2) is 4.98 Å². The van der Waals surface area contributed by atoms with Crippen LogP contribution in [0.3, 0.4) is 0 Å². The first-order chi connectivity index (χ1) is 13.8. The van der Waals surface area contributed by atoms with Crippen LogP contribution in [0.4, 0.5) is 0 Å². The van der Waals surface area contributed by atoms with Gasteiger partial charge < -0.3 is 4.57 Å². The van der Waals surface area contributed by atoms with E-state index in [0.29, 0.717) is 5.75 Å². The molecule has 0 spiro atoms. The second-order valence-corrected chi connectivity index (χ2v) is 8.15. The van der Waals surface area contributed by atoms with Crippen molar-refractivity contribution in [3.63, 3.8) is 0 Å². The summed E-state index contributed by atoms with van der Waals surface area (Å²) in [6.07, 6.45) is 2.72. The molecule has 3 aromatic carbocycles. The predicted octanol–water partition coefficient (Wildman–Crippen LogP) is 5.42. The van der Waals surface area contributed by atoms with Crippen molar-refractivity contribution in [2.24, 2.45) is 0 Å². The number of rotatable bonds is 7. The second kappa shape index (κ2) is 8.81. The molecule has 0 N–H and O–H groups in total. The summed E-state index contributed by atoms with van der Waals surface area (Å²) in [5.74, 6) is 0.636. The molecule has 0 saturated carbocycles. The number of aromatic nitrogens is 2. The molecule has 0 fully saturated rings. The molecule has 1 atom stereocenters. The average molecular weight is 387 g/mol. The highest BCUT2D eigenvalue weighted by Crippen LogP contribution is 2.31. The monoisotopic (exact) mass is 386 g/mol. The van der Waals surface area contributed by atoms with Gasteiger partial charge in [0.2, 0.25) is 0 Å². The van der Waals surface area contributed by atoms with Crippen LogP contribution in [0.1, 0.15) is 6.42 Å². The van der Waals surface area contributed by atoms with Crippen LogP contribution in [0, 0.1) is 0 Å². The molecule has 1 aromatic heterocycles. The number of hydrogen-bond acceptors (Lipinski definition) is 2. The Kier molecular flexibility index (Phi) is 5.78. The first-order valence-electron chi connectivity index (χ1n) is 9.42. The standard InChI is InChI=1S/C24H22N2OS/c27-28(22-15-8-3-9-16-22)18-10-17-26-19-25-23(20-11-4-1-5-12-20)24(26)21-13-6-2-7-14-21/h1-9,11-16,19H,10,17-18H2. The minimum absolute atomic E-state index is 0.636. The normalized spacial score (nSPS) is 12.0. The van der Waals surface area contributed by atoms with Crippen LogP contribution in [-0.2, 0) is 17.3 Å². The average Bonchev–Trinajstić information content (AvgIpc) is 3.19. The zero-order valence-corrected chi connectivity index (χ0v) is 16.4. The molecule has 0 radical (unpaired) electrons. The van der Waals surface area contributed by atoms with Gasteiger partial charge in [0.05, 0.1) is 28.5 Å². The van der Waals surface area contributed by atoms with Crippen molar-refractivity contribution in [3.8, 4) is 22.5 Å². The van der Waals surface area contributed by atoms with Gasteiger partial charge in [0.25, 0.3) is 0 Å². The van der Waals surface area contributed by atoms with E-state index in [1.54, 1.807) is 0 Å². The number of benzene rings is 3. The Morgan fingerprint density at radius 2 is 1.32 bits per heavy atom. The van der Waals surface area contributed by atoms with E-state index < -0.39 is 10.8 Å². The molecule has 140 valence electrons. The van der Waals surface area contributed by atoms with Crippen LogP contribution < -0.4 is 0 Å². The smallest absolute Gasteiger partial charge is 0.0963 e. The molecule has 1 heterocycles. The Labute approximate surface area is 168 Å². The summed E-state index contributed by atoms with van der Waals surface area (Å²) in [6.45, 7) is 0.780. The molecule has 4 aromatic rings. The zero-order chi connectivity index (χ0) is 19.2. The van der Waals surface area contributed by atoms with E-state index in [-0.39, 0.29) is 0 Å². The molecular formula is C24H22N2OS. The molecule has 0 aliphatic rings. The number of aryl methyl sites for hydroxylation is 1. The zero-order valence-electron chi connectivity index (χ0n) is 15.6. The van der Waals surface area contributed by atoms with Gasteiger partial charge in [0, 0.05) is 28.3 Å². The van der Waals surface area contributed by atoms with Crippen molar-refractivity contribution >= 4 is 10.8 Å². The fourth-order valence-electron chi connectivity index (χ4n) is 3.31. The highest BCUT2D eigenvalue weighted by atomic mass is 32.2. The van der Waals surface area contributed by atoms with Crippen molar-refractivity contribution in [1.82, 2.24) is 9.55 Å². The highest BCUT2D eigenvalue weighted by Gasteiger charge is 2.15. The third-order valence-corrected chi connectivity index (χ3v) is 6.12. The van der Waals surface area contributed by atoms with Crippen molar-refractivity contribution in [1.29, 1.82) is 0 Å². The summed E-state index contributed by atoms with van der Waals surface area (Å²) < 4.78 is 14.7. The molecular weight excluding hydrogens is 364 g/mol. The number of imidazole rings is 1. The van der Waals surface area contributed by atoms with Gasteiger partial charge in [-0.2, -0.15) is 0 Å². The maximum absolute atomic E-state index is 12.5. The van der Waals surface area contributed by atoms with Crippen molar-refractivity contribution < 1.29 is 4.21 Å². The maximum Gasteiger partial charge on any atom is 0.0963 e. The summed E-state index contributed by atoms with van der Waals surface area (Å²) in [7, 11) is -0.971. The molecule has 3 nitrogen and oxygen atoms in total. The van der Waals surface area contributed by atoms with Crippen molar-refractivity contribution in [2.45, 2.75) is 17.9 Å². The second-order valence-electron chi connectivity index (χ2n) is 6.58. The molecule has 1 unspecified atom stereocenters. The van der Waals surface area contributed by atoms with Gasteiger partial charge in [0.1, 0.15) is 0 Å². The van der Waals surface area contributed by atoms with Gasteiger partial charge >= 0.3 is 0 Å². The molecule has 0 saturated heterocycles. The molecule has 0 aliphatic heterocycles. The molecule has 4 heteroatoms. The fraction of sp³-hybridized carbons (Fsp3) is 0.125. The third kappa shape index (κ3) is 4.12. The maximum atomic E-state index is 12.5. The fourth-order valence-corrected chi connectivity index (χ4v) is 4.40. The summed E-state index contributed by atoms with van der Waals surface area (Å²) in [5.41, 5.74) is 4.34. The van der Waals surface area contributed by atoms with E-state index in [4.69, 9.17) is 4.98 Å². The minimum Gasteiger partial charge on any atom is -0.330 e. The van der Waals surface area contributed by atoms with E-state index in [2.05, 4.69) is 28.8 Å². The SMILES string of the molecule is O=S(CCCn1cnc(-c2ccccc2)c1-c1ccccc1)c1ccccc1. The minimum atomic E-state index is -0.971. The lowest BCUT2D eigenvalue weighted by atomic mass is 10.0. The van der Waals surface area contributed by atoms with Gasteiger partial charge in [-0.3, -0.25) is 4.21 Å². The molecule has 0 bridgehead atoms. The highest BCUT2D eigenvalue weighted by molar-refractivity contribution is 7.85. The first-order valence-corrected chi connectivity index (χ1v) is 10.7. The van der Waals surface area contributed by atoms with E-state index >= 15 is 0 Å². The lowest BCUT2D eigenvalue weighted by Gasteiger charge is -2.11. The number of nitrogens with zero attached hydrogens (tertiary/aromatic N) is 2. The van der Waals surface area contributed by atoms with Crippen LogP contribution in [0.25, 0.3) is 22.5 Å². The first kappa shape index (κ1) is 18.4. The van der Waals surface area contributed by atoms with Gasteiger partial charge in [-0.1, -0.05) is 78.9 Å². The Bertz CT molecular complexity index is 1040. The van der Waals surface area contributed by atoms with Crippen LogP contribution in [0.2, 0.25) is 0 Å². The van der Waals surface area contributed by atoms with Crippen molar-refractivity contribution in [2.75, 3.05) is 5.75 Å². The topological polar surface area (TPSA) is 34.9 Å². The molecule has 4 rings (SSSR count). The Balaban J connectivity index is 1.57. The Morgan fingerprint density at radius 1 is 0.750 bits per heavy atom. The molecule has 28 heavy (non-hydrogen) atoms. The van der Waals surface area contributed by atoms with E-state index in [9.17, 15) is 4.21 Å². The van der Waals surface area contributed by atoms with Crippen LogP contribution in [0.5, 0.6) is 0 Å². The molecule has 0 aliphatic carbocycles. The predicted molar refractivity (Wildman–Crippen MR) is 115 cm³/mol. The molecule has 0 amide bonds. The summed E-state index contributed by atoms with van der Waals surface area (Å²) in [5, 5.41) is 0. The third-order valence-electron chi connectivity index (χ3n) is 4.67. The van der Waals surface area contributed by atoms with Crippen LogP contribution in [-0.4, -0.2) is 19.5 Å². The summed E-state index contributed by atoms with van der Waals surface area (Å²) >= 11 is 0. The largest absolute Gasteiger partial charge is 0.330 e. The van der Waals surface area contributed by atoms with E-state index in [0.717, 1.165) is 40.4 Å². The van der Waals surface area contributed by atoms with Gasteiger partial charge in [0.15, 0.2) is 0 Å². The van der Waals surface area contributed by atoms with Crippen molar-refractivity contribution in [3.05, 3.63) is 97.3 Å². The number of hydrogen-bond donors (Lipinski definition) is 0. The van der Waals surface area contributed by atoms with Gasteiger partial charge in [-0.05, 0) is 18.6 Å². The Morgan fingerprint density at radius 3 is 1.96 bits per heavy atom. The van der Waals surface area contributed by atoms with E-state index in [1.165, 1.54) is 0 Å². The lowest BCUT2D eigenvalue weighted by Crippen LogP contribution is -2.05. The lowest BCUT2D eigenvalue weighted by molar-refractivity contribution is 0.660. The summed E-state index contributed by atoms with van der Waals surface area (Å²) in [6, 6.07) is 30.3. The van der Waals surface area contributed by atoms with Crippen LogP contribution in [0.15, 0.2) is 102 Å². The Hall–Kier alpha value is -2.98. The van der Waals surface area contributed by atoms with Gasteiger partial charge in [-0.15, -0.1) is 0 Å². The van der Waals surface area contributed by atoms with E-state index in [1.807, 2.05) is 73.1 Å².